The molecule has 4 heterocycles. The van der Waals surface area contributed by atoms with E-state index in [4.69, 9.17) is 11.6 Å². The van der Waals surface area contributed by atoms with E-state index in [1.807, 2.05) is 29.8 Å². The van der Waals surface area contributed by atoms with Crippen LogP contribution in [0.25, 0.3) is 16.9 Å². The lowest BCUT2D eigenvalue weighted by Crippen LogP contribution is -2.63. The van der Waals surface area contributed by atoms with Gasteiger partial charge in [0, 0.05) is 56.4 Å². The van der Waals surface area contributed by atoms with Crippen LogP contribution in [0.2, 0.25) is 5.02 Å². The number of hydrogen-bond acceptors (Lipinski definition) is 5. The van der Waals surface area contributed by atoms with Crippen LogP contribution in [0.15, 0.2) is 36.8 Å². The van der Waals surface area contributed by atoms with E-state index >= 15 is 0 Å². The number of fused-ring (bicyclic) bond motifs is 1. The number of carbonyl (C=O) groups excluding carboxylic acids is 1. The summed E-state index contributed by atoms with van der Waals surface area (Å²) < 4.78 is 1.87. The first kappa shape index (κ1) is 23.3. The van der Waals surface area contributed by atoms with Crippen LogP contribution in [0, 0.1) is 6.92 Å². The lowest BCUT2D eigenvalue weighted by molar-refractivity contribution is 0.0273. The fourth-order valence-corrected chi connectivity index (χ4v) is 5.94. The van der Waals surface area contributed by atoms with Crippen molar-refractivity contribution >= 4 is 28.5 Å². The molecule has 3 aromatic heterocycles. The van der Waals surface area contributed by atoms with Crippen LogP contribution in [0.3, 0.4) is 0 Å². The molecular formula is C26H33ClN6O. The van der Waals surface area contributed by atoms with Gasteiger partial charge in [0.1, 0.15) is 11.5 Å². The zero-order chi connectivity index (χ0) is 23.7. The van der Waals surface area contributed by atoms with Gasteiger partial charge in [-0.1, -0.05) is 36.9 Å². The number of pyridine rings is 2. The molecule has 8 heteroatoms. The largest absolute Gasteiger partial charge is 0.350 e. The van der Waals surface area contributed by atoms with E-state index in [1.54, 1.807) is 18.5 Å². The number of carbonyl (C=O) groups is 1. The topological polar surface area (TPSA) is 75.1 Å². The van der Waals surface area contributed by atoms with E-state index < -0.39 is 0 Å². The Hall–Kier alpha value is -2.48. The van der Waals surface area contributed by atoms with Crippen LogP contribution in [-0.2, 0) is 0 Å². The molecule has 0 aromatic carbocycles. The van der Waals surface area contributed by atoms with Gasteiger partial charge in [-0.3, -0.25) is 14.3 Å². The average Bonchev–Trinajstić information content (AvgIpc) is 3.24. The summed E-state index contributed by atoms with van der Waals surface area (Å²) in [6.45, 7) is 7.92. The first-order valence-corrected chi connectivity index (χ1v) is 12.7. The molecule has 1 aliphatic carbocycles. The molecular weight excluding hydrogens is 448 g/mol. The third-order valence-corrected chi connectivity index (χ3v) is 7.81. The van der Waals surface area contributed by atoms with Crippen molar-refractivity contribution in [2.75, 3.05) is 26.2 Å². The van der Waals surface area contributed by atoms with Gasteiger partial charge in [-0.15, -0.1) is 0 Å². The Kier molecular flexibility index (Phi) is 6.60. The minimum Gasteiger partial charge on any atom is -0.350 e. The maximum atomic E-state index is 13.6. The van der Waals surface area contributed by atoms with E-state index in [1.165, 1.54) is 19.3 Å². The highest BCUT2D eigenvalue weighted by Crippen LogP contribution is 2.35. The van der Waals surface area contributed by atoms with Crippen molar-refractivity contribution in [3.8, 4) is 5.82 Å². The molecule has 1 atom stereocenters. The summed E-state index contributed by atoms with van der Waals surface area (Å²) in [5.41, 5.74) is 2.20. The molecule has 0 spiro atoms. The highest BCUT2D eigenvalue weighted by atomic mass is 35.5. The monoisotopic (exact) mass is 480 g/mol. The first-order chi connectivity index (χ1) is 16.5. The maximum absolute atomic E-state index is 13.6. The Labute approximate surface area is 205 Å². The van der Waals surface area contributed by atoms with Gasteiger partial charge >= 0.3 is 0 Å². The normalized spacial score (nSPS) is 21.0. The predicted molar refractivity (Wildman–Crippen MR) is 136 cm³/mol. The van der Waals surface area contributed by atoms with Crippen molar-refractivity contribution in [1.82, 2.24) is 30.1 Å². The zero-order valence-electron chi connectivity index (χ0n) is 20.0. The summed E-state index contributed by atoms with van der Waals surface area (Å²) >= 11 is 6.59. The summed E-state index contributed by atoms with van der Waals surface area (Å²) in [6, 6.07) is 6.10. The first-order valence-electron chi connectivity index (χ1n) is 12.3. The van der Waals surface area contributed by atoms with E-state index in [9.17, 15) is 4.79 Å². The Morgan fingerprint density at radius 1 is 1.24 bits per heavy atom. The number of hydrogen-bond donors (Lipinski definition) is 2. The molecule has 7 nitrogen and oxygen atoms in total. The third-order valence-electron chi connectivity index (χ3n) is 7.49. The number of nitrogens with zero attached hydrogens (tertiary/aromatic N) is 4. The van der Waals surface area contributed by atoms with Crippen molar-refractivity contribution in [2.45, 2.75) is 57.5 Å². The van der Waals surface area contributed by atoms with Crippen molar-refractivity contribution in [1.29, 1.82) is 0 Å². The fraction of sp³-hybridized carbons (Fsp3) is 0.500. The van der Waals surface area contributed by atoms with E-state index in [-0.39, 0.29) is 11.4 Å². The average molecular weight is 481 g/mol. The summed E-state index contributed by atoms with van der Waals surface area (Å²) in [5.74, 6) is 0.639. The number of aromatic nitrogens is 3. The third kappa shape index (κ3) is 4.32. The van der Waals surface area contributed by atoms with E-state index in [0.29, 0.717) is 34.2 Å². The number of halogens is 1. The molecule has 1 amide bonds. The lowest BCUT2D eigenvalue weighted by atomic mass is 9.79. The Morgan fingerprint density at radius 2 is 2.06 bits per heavy atom. The molecule has 5 rings (SSSR count). The quantitative estimate of drug-likeness (QED) is 0.574. The Morgan fingerprint density at radius 3 is 2.82 bits per heavy atom. The second kappa shape index (κ2) is 9.64. The van der Waals surface area contributed by atoms with Gasteiger partial charge in [0.2, 0.25) is 0 Å². The van der Waals surface area contributed by atoms with Crippen molar-refractivity contribution in [2.24, 2.45) is 0 Å². The molecule has 3 aromatic rings. The maximum Gasteiger partial charge on any atom is 0.253 e. The Balaban J connectivity index is 1.46. The number of nitrogens with one attached hydrogen (secondary N) is 2. The SMILES string of the molecule is Cc1cccnc1-n1cc(C(=O)NCC2(N3CCN[C@H](C)C3)CCCCC2)c2c(Cl)ccnc21. The molecule has 0 unspecified atom stereocenters. The van der Waals surface area contributed by atoms with Gasteiger partial charge in [0.15, 0.2) is 0 Å². The smallest absolute Gasteiger partial charge is 0.253 e. The minimum absolute atomic E-state index is 0.0161. The zero-order valence-corrected chi connectivity index (χ0v) is 20.7. The van der Waals surface area contributed by atoms with Gasteiger partial charge in [-0.25, -0.2) is 9.97 Å². The number of amides is 1. The van der Waals surface area contributed by atoms with Crippen LogP contribution < -0.4 is 10.6 Å². The summed E-state index contributed by atoms with van der Waals surface area (Å²) in [4.78, 5) is 25.3. The number of rotatable bonds is 5. The van der Waals surface area contributed by atoms with Crippen molar-refractivity contribution < 1.29 is 4.79 Å². The lowest BCUT2D eigenvalue weighted by Gasteiger charge is -2.49. The molecule has 2 fully saturated rings. The van der Waals surface area contributed by atoms with Crippen LogP contribution >= 0.6 is 11.6 Å². The van der Waals surface area contributed by atoms with Crippen LogP contribution in [-0.4, -0.2) is 63.1 Å². The van der Waals surface area contributed by atoms with E-state index in [2.05, 4.69) is 32.4 Å². The van der Waals surface area contributed by atoms with E-state index in [0.717, 1.165) is 43.9 Å². The molecule has 2 N–H and O–H groups in total. The van der Waals surface area contributed by atoms with Crippen LogP contribution in [0.4, 0.5) is 0 Å². The van der Waals surface area contributed by atoms with Crippen LogP contribution in [0.5, 0.6) is 0 Å². The molecule has 0 radical (unpaired) electrons. The minimum atomic E-state index is -0.111. The number of piperazine rings is 1. The second-order valence-electron chi connectivity index (χ2n) is 9.82. The molecule has 1 saturated heterocycles. The highest BCUT2D eigenvalue weighted by molar-refractivity contribution is 6.36. The standard InChI is InChI=1S/C26H33ClN6O/c1-18-7-6-11-29-23(18)33-16-20(22-21(27)8-12-30-24(22)33)25(34)31-17-26(9-4-3-5-10-26)32-14-13-28-19(2)15-32/h6-8,11-12,16,19,28H,3-5,9-10,13-15,17H2,1-2H3,(H,31,34)/t19-/m1/s1. The summed E-state index contributed by atoms with van der Waals surface area (Å²) in [7, 11) is 0. The van der Waals surface area contributed by atoms with Crippen molar-refractivity contribution in [3.05, 3.63) is 52.9 Å². The second-order valence-corrected chi connectivity index (χ2v) is 10.2. The van der Waals surface area contributed by atoms with Crippen molar-refractivity contribution in [3.63, 3.8) is 0 Å². The van der Waals surface area contributed by atoms with Gasteiger partial charge < -0.3 is 10.6 Å². The predicted octanol–water partition coefficient (Wildman–Crippen LogP) is 4.11. The highest BCUT2D eigenvalue weighted by Gasteiger charge is 2.40. The van der Waals surface area contributed by atoms with Gasteiger partial charge in [-0.05, 0) is 44.4 Å². The van der Waals surface area contributed by atoms with Gasteiger partial charge in [-0.2, -0.15) is 0 Å². The molecule has 2 aliphatic rings. The van der Waals surface area contributed by atoms with Crippen LogP contribution in [0.1, 0.15) is 54.9 Å². The molecule has 34 heavy (non-hydrogen) atoms. The van der Waals surface area contributed by atoms with Gasteiger partial charge in [0.25, 0.3) is 5.91 Å². The Bertz CT molecular complexity index is 1190. The summed E-state index contributed by atoms with van der Waals surface area (Å²) in [5, 5.41) is 8.03. The molecule has 1 aliphatic heterocycles. The van der Waals surface area contributed by atoms with Gasteiger partial charge in [0.05, 0.1) is 16.0 Å². The molecule has 0 bridgehead atoms. The number of aryl methyl sites for hydroxylation is 1. The molecule has 1 saturated carbocycles. The fourth-order valence-electron chi connectivity index (χ4n) is 5.70. The summed E-state index contributed by atoms with van der Waals surface area (Å²) in [6.07, 6.45) is 11.2. The molecule has 180 valence electrons.